The molecule has 0 amide bonds. The van der Waals surface area contributed by atoms with Crippen molar-refractivity contribution < 1.29 is 0 Å². The van der Waals surface area contributed by atoms with Gasteiger partial charge in [0, 0.05) is 4.47 Å². The minimum atomic E-state index is 0.671. The van der Waals surface area contributed by atoms with Crippen molar-refractivity contribution >= 4 is 26.7 Å². The normalized spacial score (nSPS) is 12.8. The van der Waals surface area contributed by atoms with Crippen molar-refractivity contribution in [2.24, 2.45) is 0 Å². The highest BCUT2D eigenvalue weighted by molar-refractivity contribution is 9.10. The van der Waals surface area contributed by atoms with Gasteiger partial charge in [0.05, 0.1) is 0 Å². The summed E-state index contributed by atoms with van der Waals surface area (Å²) in [6.45, 7) is 6.23. The van der Waals surface area contributed by atoms with Gasteiger partial charge in [-0.1, -0.05) is 79.4 Å². The van der Waals surface area contributed by atoms with Gasteiger partial charge in [-0.2, -0.15) is 0 Å². The van der Waals surface area contributed by atoms with E-state index in [0.717, 1.165) is 6.42 Å². The summed E-state index contributed by atoms with van der Waals surface area (Å²) in [6, 6.07) is 13.2. The van der Waals surface area contributed by atoms with Gasteiger partial charge >= 0.3 is 0 Å². The van der Waals surface area contributed by atoms with Crippen LogP contribution in [0.4, 0.5) is 0 Å². The molecule has 0 fully saturated rings. The van der Waals surface area contributed by atoms with E-state index in [1.165, 1.54) is 46.5 Å². The van der Waals surface area contributed by atoms with Crippen molar-refractivity contribution in [2.75, 3.05) is 0 Å². The van der Waals surface area contributed by atoms with E-state index >= 15 is 0 Å². The lowest BCUT2D eigenvalue weighted by Crippen LogP contribution is -1.99. The molecule has 0 heterocycles. The van der Waals surface area contributed by atoms with Crippen molar-refractivity contribution in [3.8, 4) is 0 Å². The molecule has 1 atom stereocenters. The van der Waals surface area contributed by atoms with Crippen LogP contribution in [-0.2, 0) is 0 Å². The molecule has 1 heteroatoms. The number of rotatable bonds is 6. The zero-order chi connectivity index (χ0) is 13.7. The van der Waals surface area contributed by atoms with Crippen LogP contribution in [-0.4, -0.2) is 0 Å². The average Bonchev–Trinajstić information content (AvgIpc) is 2.44. The fourth-order valence-corrected chi connectivity index (χ4v) is 3.30. The molecule has 0 N–H and O–H groups in total. The molecular formula is C18H22Br. The first kappa shape index (κ1) is 14.6. The summed E-state index contributed by atoms with van der Waals surface area (Å²) in [6.07, 6.45) is 6.06. The summed E-state index contributed by atoms with van der Waals surface area (Å²) >= 11 is 3.66. The maximum absolute atomic E-state index is 3.94. The van der Waals surface area contributed by atoms with E-state index in [1.807, 2.05) is 0 Å². The van der Waals surface area contributed by atoms with E-state index in [4.69, 9.17) is 0 Å². The summed E-state index contributed by atoms with van der Waals surface area (Å²) in [7, 11) is 0. The number of benzene rings is 2. The van der Waals surface area contributed by atoms with E-state index in [0.29, 0.717) is 5.92 Å². The smallest absolute Gasteiger partial charge is 0.0253 e. The molecule has 1 radical (unpaired) electrons. The van der Waals surface area contributed by atoms with E-state index in [1.54, 1.807) is 0 Å². The molecule has 0 nitrogen and oxygen atoms in total. The van der Waals surface area contributed by atoms with Gasteiger partial charge in [0.2, 0.25) is 0 Å². The van der Waals surface area contributed by atoms with Gasteiger partial charge in [-0.05, 0) is 41.2 Å². The third-order valence-corrected chi connectivity index (χ3v) is 4.58. The van der Waals surface area contributed by atoms with Gasteiger partial charge in [-0.25, -0.2) is 0 Å². The van der Waals surface area contributed by atoms with Crippen LogP contribution in [0.25, 0.3) is 10.8 Å². The van der Waals surface area contributed by atoms with Crippen LogP contribution in [0.2, 0.25) is 0 Å². The van der Waals surface area contributed by atoms with Gasteiger partial charge in [-0.15, -0.1) is 0 Å². The van der Waals surface area contributed by atoms with Crippen LogP contribution in [0.15, 0.2) is 40.9 Å². The highest BCUT2D eigenvalue weighted by Crippen LogP contribution is 2.34. The quantitative estimate of drug-likeness (QED) is 0.534. The van der Waals surface area contributed by atoms with Crippen LogP contribution >= 0.6 is 15.9 Å². The fraction of sp³-hybridized carbons (Fsp3) is 0.389. The summed E-state index contributed by atoms with van der Waals surface area (Å²) in [5.41, 5.74) is 1.50. The predicted molar refractivity (Wildman–Crippen MR) is 88.5 cm³/mol. The Morgan fingerprint density at radius 2 is 1.79 bits per heavy atom. The molecule has 101 valence electrons. The molecule has 1 unspecified atom stereocenters. The molecule has 0 aromatic heterocycles. The van der Waals surface area contributed by atoms with Gasteiger partial charge in [-0.3, -0.25) is 0 Å². The van der Waals surface area contributed by atoms with Crippen molar-refractivity contribution in [1.29, 1.82) is 0 Å². The van der Waals surface area contributed by atoms with Gasteiger partial charge in [0.25, 0.3) is 0 Å². The highest BCUT2D eigenvalue weighted by Gasteiger charge is 2.12. The summed E-state index contributed by atoms with van der Waals surface area (Å²) in [5, 5.41) is 2.73. The number of hydrogen-bond acceptors (Lipinski definition) is 0. The van der Waals surface area contributed by atoms with Crippen molar-refractivity contribution in [2.45, 2.75) is 44.9 Å². The number of halogens is 1. The molecule has 0 saturated carbocycles. The first-order valence-corrected chi connectivity index (χ1v) is 8.03. The Labute approximate surface area is 125 Å². The highest BCUT2D eigenvalue weighted by atomic mass is 79.9. The third kappa shape index (κ3) is 3.39. The summed E-state index contributed by atoms with van der Waals surface area (Å²) in [4.78, 5) is 0. The lowest BCUT2D eigenvalue weighted by Gasteiger charge is -2.18. The van der Waals surface area contributed by atoms with Gasteiger partial charge in [0.1, 0.15) is 0 Å². The predicted octanol–water partition coefficient (Wildman–Crippen LogP) is 6.49. The standard InChI is InChI=1S/C18H22Br/c1-3-5-6-9-14(4-2)15-10-7-12-17-16(15)11-8-13-18(17)19/h7-8,10-14H,1,3-6,9H2,2H3. The minimum absolute atomic E-state index is 0.671. The van der Waals surface area contributed by atoms with Crippen molar-refractivity contribution in [1.82, 2.24) is 0 Å². The molecule has 0 bridgehead atoms. The molecule has 0 aliphatic carbocycles. The third-order valence-electron chi connectivity index (χ3n) is 3.89. The van der Waals surface area contributed by atoms with E-state index in [9.17, 15) is 0 Å². The molecule has 0 saturated heterocycles. The van der Waals surface area contributed by atoms with Crippen LogP contribution in [0.5, 0.6) is 0 Å². The lowest BCUT2D eigenvalue weighted by molar-refractivity contribution is 0.562. The van der Waals surface area contributed by atoms with Gasteiger partial charge in [0.15, 0.2) is 0 Å². The molecule has 0 aliphatic rings. The molecular weight excluding hydrogens is 296 g/mol. The fourth-order valence-electron chi connectivity index (χ4n) is 2.80. The Morgan fingerprint density at radius 1 is 1.05 bits per heavy atom. The van der Waals surface area contributed by atoms with E-state index in [2.05, 4.69) is 66.2 Å². The lowest BCUT2D eigenvalue weighted by atomic mass is 9.87. The first-order valence-electron chi connectivity index (χ1n) is 7.24. The van der Waals surface area contributed by atoms with Crippen LogP contribution in [0, 0.1) is 6.92 Å². The maximum atomic E-state index is 3.94. The zero-order valence-corrected chi connectivity index (χ0v) is 13.2. The Morgan fingerprint density at radius 3 is 2.53 bits per heavy atom. The van der Waals surface area contributed by atoms with Crippen LogP contribution in [0.1, 0.15) is 50.5 Å². The topological polar surface area (TPSA) is 0 Å². The maximum Gasteiger partial charge on any atom is 0.0253 e. The Hall–Kier alpha value is -0.820. The van der Waals surface area contributed by atoms with Crippen molar-refractivity contribution in [3.63, 3.8) is 0 Å². The average molecular weight is 318 g/mol. The van der Waals surface area contributed by atoms with E-state index in [-0.39, 0.29) is 0 Å². The monoisotopic (exact) mass is 317 g/mol. The number of fused-ring (bicyclic) bond motifs is 1. The Bertz CT molecular complexity index is 530. The largest absolute Gasteiger partial charge is 0.0648 e. The van der Waals surface area contributed by atoms with E-state index < -0.39 is 0 Å². The molecule has 19 heavy (non-hydrogen) atoms. The Balaban J connectivity index is 2.34. The van der Waals surface area contributed by atoms with Crippen LogP contribution < -0.4 is 0 Å². The minimum Gasteiger partial charge on any atom is -0.0648 e. The van der Waals surface area contributed by atoms with Crippen LogP contribution in [0.3, 0.4) is 0 Å². The summed E-state index contributed by atoms with van der Waals surface area (Å²) < 4.78 is 1.19. The SMILES string of the molecule is [CH2]CCCCC(CC)c1cccc2c(Br)cccc12. The molecule has 2 aromatic rings. The molecule has 2 aromatic carbocycles. The zero-order valence-electron chi connectivity index (χ0n) is 11.7. The summed E-state index contributed by atoms with van der Waals surface area (Å²) in [5.74, 6) is 0.671. The second-order valence-corrected chi connectivity index (χ2v) is 5.99. The second-order valence-electron chi connectivity index (χ2n) is 5.14. The second kappa shape index (κ2) is 7.09. The number of unbranched alkanes of at least 4 members (excludes halogenated alkanes) is 2. The number of hydrogen-bond donors (Lipinski definition) is 0. The van der Waals surface area contributed by atoms with Gasteiger partial charge < -0.3 is 0 Å². The first-order chi connectivity index (χ1) is 9.27. The Kier molecular flexibility index (Phi) is 5.45. The van der Waals surface area contributed by atoms with Crippen molar-refractivity contribution in [3.05, 3.63) is 53.4 Å². The molecule has 0 aliphatic heterocycles. The molecule has 0 spiro atoms. The molecule has 2 rings (SSSR count).